The first-order valence-corrected chi connectivity index (χ1v) is 12.7. The van der Waals surface area contributed by atoms with Crippen LogP contribution in [0.4, 0.5) is 5.82 Å². The number of nitrogens with zero attached hydrogens (tertiary/aromatic N) is 6. The average Bonchev–Trinajstić information content (AvgIpc) is 3.45. The number of para-hydroxylation sites is 1. The highest BCUT2D eigenvalue weighted by atomic mass is 32.2. The zero-order chi connectivity index (χ0) is 24.6. The van der Waals surface area contributed by atoms with Crippen LogP contribution in [0.3, 0.4) is 0 Å². The number of carbonyl (C=O) groups is 1. The molecule has 8 nitrogen and oxygen atoms in total. The van der Waals surface area contributed by atoms with Crippen molar-refractivity contribution in [2.24, 2.45) is 0 Å². The lowest BCUT2D eigenvalue weighted by atomic mass is 9.92. The molecule has 0 radical (unpaired) electrons. The second-order valence-electron chi connectivity index (χ2n) is 9.80. The standard InChI is InChI=1S/C26H29N7OS/c1-17(35-25-30-29-23(32(25)19-10-11-19)18-12-14-27-15-13-18)24(34)28-22-16-21(26(2,3)4)31-33(22)20-8-6-5-7-9-20/h5-9,12-17,19H,10-11H2,1-4H3,(H,28,34)/t17-/m1/s1. The smallest absolute Gasteiger partial charge is 0.238 e. The predicted molar refractivity (Wildman–Crippen MR) is 138 cm³/mol. The summed E-state index contributed by atoms with van der Waals surface area (Å²) in [6.07, 6.45) is 5.70. The zero-order valence-electron chi connectivity index (χ0n) is 20.3. The van der Waals surface area contributed by atoms with Gasteiger partial charge in [0.15, 0.2) is 11.0 Å². The van der Waals surface area contributed by atoms with Crippen LogP contribution in [-0.2, 0) is 10.2 Å². The molecule has 1 aromatic carbocycles. The van der Waals surface area contributed by atoms with E-state index in [-0.39, 0.29) is 16.6 Å². The van der Waals surface area contributed by atoms with Crippen LogP contribution in [0.1, 0.15) is 52.3 Å². The van der Waals surface area contributed by atoms with Crippen LogP contribution < -0.4 is 5.32 Å². The summed E-state index contributed by atoms with van der Waals surface area (Å²) in [6, 6.07) is 16.0. The molecule has 0 spiro atoms. The van der Waals surface area contributed by atoms with E-state index in [0.29, 0.717) is 11.9 Å². The number of aromatic nitrogens is 6. The van der Waals surface area contributed by atoms with E-state index >= 15 is 0 Å². The van der Waals surface area contributed by atoms with E-state index in [1.54, 1.807) is 17.1 Å². The fraction of sp³-hybridized carbons (Fsp3) is 0.346. The van der Waals surface area contributed by atoms with Crippen molar-refractivity contribution in [2.75, 3.05) is 5.32 Å². The molecule has 1 fully saturated rings. The van der Waals surface area contributed by atoms with Gasteiger partial charge in [-0.05, 0) is 44.0 Å². The fourth-order valence-corrected chi connectivity index (χ4v) is 4.68. The number of pyridine rings is 1. The normalized spacial score (nSPS) is 14.6. The predicted octanol–water partition coefficient (Wildman–Crippen LogP) is 5.28. The quantitative estimate of drug-likeness (QED) is 0.357. The summed E-state index contributed by atoms with van der Waals surface area (Å²) in [7, 11) is 0. The van der Waals surface area contributed by atoms with E-state index in [9.17, 15) is 4.79 Å². The third kappa shape index (κ3) is 5.00. The Labute approximate surface area is 209 Å². The van der Waals surface area contributed by atoms with Crippen LogP contribution in [0, 0.1) is 0 Å². The van der Waals surface area contributed by atoms with Gasteiger partial charge >= 0.3 is 0 Å². The molecule has 9 heteroatoms. The summed E-state index contributed by atoms with van der Waals surface area (Å²) >= 11 is 1.43. The Morgan fingerprint density at radius 3 is 2.46 bits per heavy atom. The van der Waals surface area contributed by atoms with Gasteiger partial charge in [0, 0.05) is 35.5 Å². The minimum Gasteiger partial charge on any atom is -0.310 e. The molecule has 0 unspecified atom stereocenters. The molecule has 0 saturated heterocycles. The van der Waals surface area contributed by atoms with Gasteiger partial charge in [0.2, 0.25) is 5.91 Å². The minimum atomic E-state index is -0.376. The topological polar surface area (TPSA) is 90.5 Å². The highest BCUT2D eigenvalue weighted by molar-refractivity contribution is 8.00. The maximum absolute atomic E-state index is 13.3. The number of hydrogen-bond donors (Lipinski definition) is 1. The van der Waals surface area contributed by atoms with Gasteiger partial charge < -0.3 is 5.32 Å². The average molecular weight is 488 g/mol. The van der Waals surface area contributed by atoms with Crippen LogP contribution >= 0.6 is 11.8 Å². The fourth-order valence-electron chi connectivity index (χ4n) is 3.76. The molecule has 1 amide bonds. The lowest BCUT2D eigenvalue weighted by Crippen LogP contribution is -2.24. The first-order chi connectivity index (χ1) is 16.8. The minimum absolute atomic E-state index is 0.108. The van der Waals surface area contributed by atoms with Crippen molar-refractivity contribution in [3.05, 3.63) is 66.6 Å². The van der Waals surface area contributed by atoms with Gasteiger partial charge in [0.05, 0.1) is 16.6 Å². The molecule has 3 aromatic heterocycles. The Kier molecular flexibility index (Phi) is 6.19. The van der Waals surface area contributed by atoms with Crippen LogP contribution in [0.25, 0.3) is 17.1 Å². The van der Waals surface area contributed by atoms with Crippen molar-refractivity contribution in [1.29, 1.82) is 0 Å². The molecular formula is C26H29N7OS. The molecule has 1 atom stereocenters. The van der Waals surface area contributed by atoms with E-state index in [4.69, 9.17) is 5.10 Å². The van der Waals surface area contributed by atoms with E-state index in [1.165, 1.54) is 11.8 Å². The van der Waals surface area contributed by atoms with Gasteiger partial charge in [-0.2, -0.15) is 5.10 Å². The molecule has 3 heterocycles. The molecular weight excluding hydrogens is 458 g/mol. The van der Waals surface area contributed by atoms with Gasteiger partial charge in [-0.1, -0.05) is 50.7 Å². The summed E-state index contributed by atoms with van der Waals surface area (Å²) in [4.78, 5) is 17.4. The maximum atomic E-state index is 13.3. The van der Waals surface area contributed by atoms with Crippen molar-refractivity contribution in [3.63, 3.8) is 0 Å². The SMILES string of the molecule is C[C@@H](Sc1nnc(-c2ccncc2)n1C1CC1)C(=O)Nc1cc(C(C)(C)C)nn1-c1ccccc1. The van der Waals surface area contributed by atoms with Crippen molar-refractivity contribution >= 4 is 23.5 Å². The summed E-state index contributed by atoms with van der Waals surface area (Å²) in [5.74, 6) is 1.37. The van der Waals surface area contributed by atoms with Gasteiger partial charge in [0.25, 0.3) is 0 Å². The largest absolute Gasteiger partial charge is 0.310 e. The first-order valence-electron chi connectivity index (χ1n) is 11.8. The summed E-state index contributed by atoms with van der Waals surface area (Å²) in [5.41, 5.74) is 2.63. The molecule has 1 aliphatic carbocycles. The molecule has 1 saturated carbocycles. The number of thioether (sulfide) groups is 1. The van der Waals surface area contributed by atoms with Crippen molar-refractivity contribution in [1.82, 2.24) is 29.5 Å². The van der Waals surface area contributed by atoms with E-state index in [2.05, 4.69) is 45.8 Å². The molecule has 0 aliphatic heterocycles. The van der Waals surface area contributed by atoms with Crippen molar-refractivity contribution in [2.45, 2.75) is 62.4 Å². The number of hydrogen-bond acceptors (Lipinski definition) is 6. The number of amides is 1. The maximum Gasteiger partial charge on any atom is 0.238 e. The van der Waals surface area contributed by atoms with Crippen molar-refractivity contribution in [3.8, 4) is 17.1 Å². The Morgan fingerprint density at radius 2 is 1.80 bits per heavy atom. The monoisotopic (exact) mass is 487 g/mol. The van der Waals surface area contributed by atoms with Gasteiger partial charge in [-0.3, -0.25) is 14.3 Å². The lowest BCUT2D eigenvalue weighted by molar-refractivity contribution is -0.115. The van der Waals surface area contributed by atoms with Crippen LogP contribution in [0.2, 0.25) is 0 Å². The molecule has 4 aromatic rings. The lowest BCUT2D eigenvalue weighted by Gasteiger charge is -2.14. The Morgan fingerprint density at radius 1 is 1.09 bits per heavy atom. The molecule has 1 aliphatic rings. The van der Waals surface area contributed by atoms with E-state index < -0.39 is 0 Å². The molecule has 1 N–H and O–H groups in total. The van der Waals surface area contributed by atoms with Gasteiger partial charge in [-0.15, -0.1) is 10.2 Å². The van der Waals surface area contributed by atoms with Crippen LogP contribution in [0.15, 0.2) is 66.1 Å². The number of benzene rings is 1. The number of carbonyl (C=O) groups excluding carboxylic acids is 1. The van der Waals surface area contributed by atoms with Crippen molar-refractivity contribution < 1.29 is 4.79 Å². The van der Waals surface area contributed by atoms with Crippen LogP contribution in [0.5, 0.6) is 0 Å². The summed E-state index contributed by atoms with van der Waals surface area (Å²) in [6.45, 7) is 8.23. The number of rotatable bonds is 7. The number of anilines is 1. The Hall–Kier alpha value is -3.46. The zero-order valence-corrected chi connectivity index (χ0v) is 21.2. The molecule has 0 bridgehead atoms. The highest BCUT2D eigenvalue weighted by Gasteiger charge is 2.32. The van der Waals surface area contributed by atoms with E-state index in [1.807, 2.05) is 55.5 Å². The first kappa shape index (κ1) is 23.3. The molecule has 5 rings (SSSR count). The number of nitrogens with one attached hydrogen (secondary N) is 1. The molecule has 35 heavy (non-hydrogen) atoms. The summed E-state index contributed by atoms with van der Waals surface area (Å²) in [5, 5.41) is 17.2. The highest BCUT2D eigenvalue weighted by Crippen LogP contribution is 2.41. The molecule has 180 valence electrons. The Bertz CT molecular complexity index is 1320. The third-order valence-corrected chi connectivity index (χ3v) is 6.95. The second-order valence-corrected chi connectivity index (χ2v) is 11.1. The second kappa shape index (κ2) is 9.30. The van der Waals surface area contributed by atoms with Crippen LogP contribution in [-0.4, -0.2) is 40.7 Å². The van der Waals surface area contributed by atoms with Gasteiger partial charge in [0.1, 0.15) is 5.82 Å². The van der Waals surface area contributed by atoms with E-state index in [0.717, 1.165) is 40.8 Å². The summed E-state index contributed by atoms with van der Waals surface area (Å²) < 4.78 is 3.96. The van der Waals surface area contributed by atoms with Gasteiger partial charge in [-0.25, -0.2) is 4.68 Å². The Balaban J connectivity index is 1.38. The third-order valence-electron chi connectivity index (χ3n) is 5.90.